The number of carboxylic acid groups (broad SMARTS) is 1. The second kappa shape index (κ2) is 12.4. The van der Waals surface area contributed by atoms with Crippen molar-refractivity contribution in [1.82, 2.24) is 19.8 Å². The smallest absolute Gasteiger partial charge is 0.408 e. The van der Waals surface area contributed by atoms with Gasteiger partial charge in [0.25, 0.3) is 11.8 Å². The zero-order chi connectivity index (χ0) is 32.6. The van der Waals surface area contributed by atoms with Crippen LogP contribution < -0.4 is 10.2 Å². The van der Waals surface area contributed by atoms with Crippen LogP contribution in [0.15, 0.2) is 60.7 Å². The summed E-state index contributed by atoms with van der Waals surface area (Å²) in [4.78, 5) is 56.4. The van der Waals surface area contributed by atoms with Crippen molar-refractivity contribution in [2.45, 2.75) is 52.5 Å². The van der Waals surface area contributed by atoms with Crippen LogP contribution in [0, 0.1) is 5.41 Å². The van der Waals surface area contributed by atoms with Crippen molar-refractivity contribution in [2.75, 3.05) is 42.9 Å². The van der Waals surface area contributed by atoms with E-state index in [1.165, 1.54) is 4.90 Å². The molecule has 0 spiro atoms. The third-order valence-electron chi connectivity index (χ3n) is 9.33. The third-order valence-corrected chi connectivity index (χ3v) is 10.5. The summed E-state index contributed by atoms with van der Waals surface area (Å²) in [6.07, 6.45) is 0.764. The number of nitrogens with zero attached hydrogens (tertiary/aromatic N) is 5. The zero-order valence-electron chi connectivity index (χ0n) is 26.7. The maximum Gasteiger partial charge on any atom is 0.408 e. The van der Waals surface area contributed by atoms with Crippen molar-refractivity contribution in [3.05, 3.63) is 71.1 Å². The molecule has 2 fully saturated rings. The van der Waals surface area contributed by atoms with Crippen LogP contribution >= 0.6 is 11.3 Å². The highest BCUT2D eigenvalue weighted by Gasteiger charge is 2.57. The molecule has 2 aliphatic heterocycles. The van der Waals surface area contributed by atoms with Gasteiger partial charge >= 0.3 is 6.09 Å². The summed E-state index contributed by atoms with van der Waals surface area (Å²) < 4.78 is 0. The highest BCUT2D eigenvalue weighted by molar-refractivity contribution is 7.18. The third kappa shape index (κ3) is 5.68. The summed E-state index contributed by atoms with van der Waals surface area (Å²) >= 11 is 1.56. The Morgan fingerprint density at radius 2 is 1.61 bits per heavy atom. The number of hydrogen-bond donors (Lipinski definition) is 2. The lowest BCUT2D eigenvalue weighted by Crippen LogP contribution is -2.62. The number of carbonyl (C=O) groups excluding carboxylic acids is 2. The van der Waals surface area contributed by atoms with E-state index in [9.17, 15) is 19.5 Å². The lowest BCUT2D eigenvalue weighted by molar-refractivity contribution is -0.131. The molecule has 6 rings (SSSR count). The number of carbonyl (C=O) groups is 3. The minimum Gasteiger partial charge on any atom is -0.465 e. The van der Waals surface area contributed by atoms with E-state index in [1.807, 2.05) is 68.1 Å². The fourth-order valence-corrected chi connectivity index (χ4v) is 7.77. The quantitative estimate of drug-likeness (QED) is 0.251. The van der Waals surface area contributed by atoms with Gasteiger partial charge in [-0.15, -0.1) is 11.3 Å². The van der Waals surface area contributed by atoms with Gasteiger partial charge in [0.1, 0.15) is 16.2 Å². The lowest BCUT2D eigenvalue weighted by Gasteiger charge is -2.45. The molecule has 11 heteroatoms. The van der Waals surface area contributed by atoms with Crippen LogP contribution in [-0.2, 0) is 11.2 Å². The van der Waals surface area contributed by atoms with Gasteiger partial charge in [-0.05, 0) is 54.0 Å². The Kier molecular flexibility index (Phi) is 8.45. The summed E-state index contributed by atoms with van der Waals surface area (Å²) in [5.74, 6) is 0.457. The van der Waals surface area contributed by atoms with Gasteiger partial charge in [-0.3, -0.25) is 19.8 Å². The molecule has 46 heavy (non-hydrogen) atoms. The standard InChI is InChI=1S/C35H40N6O4S/c1-5-26-22-27-28(36-32(37-29(27)46-26)38-31(43)35(34(2,3)4)16-9-17-41(35)33(44)45)39-18-20-40(21-19-39)30(42)25-14-12-24(13-15-25)23-10-7-6-8-11-23/h6-8,10-15,22H,5,9,16-21H2,1-4H3,(H,44,45)(H,36,37,38,43)/t35-/m0/s1. The first-order chi connectivity index (χ1) is 22.0. The molecule has 0 bridgehead atoms. The Morgan fingerprint density at radius 3 is 2.24 bits per heavy atom. The van der Waals surface area contributed by atoms with Crippen molar-refractivity contribution in [1.29, 1.82) is 0 Å². The van der Waals surface area contributed by atoms with Gasteiger partial charge in [-0.25, -0.2) is 9.78 Å². The maximum atomic E-state index is 14.0. The van der Waals surface area contributed by atoms with Crippen LogP contribution in [0.3, 0.4) is 0 Å². The second-order valence-electron chi connectivity index (χ2n) is 13.0. The molecule has 0 aliphatic carbocycles. The fraction of sp³-hybridized carbons (Fsp3) is 0.400. The van der Waals surface area contributed by atoms with Gasteiger partial charge in [0.05, 0.1) is 5.39 Å². The molecule has 2 N–H and O–H groups in total. The molecule has 2 aromatic heterocycles. The summed E-state index contributed by atoms with van der Waals surface area (Å²) in [5.41, 5.74) is 0.937. The number of aromatic nitrogens is 2. The molecule has 4 heterocycles. The molecule has 0 radical (unpaired) electrons. The minimum absolute atomic E-state index is 0.00382. The number of thiophene rings is 1. The van der Waals surface area contributed by atoms with E-state index in [-0.39, 0.29) is 11.9 Å². The number of anilines is 2. The normalized spacial score (nSPS) is 18.7. The number of piperazine rings is 1. The largest absolute Gasteiger partial charge is 0.465 e. The van der Waals surface area contributed by atoms with Gasteiger partial charge in [-0.2, -0.15) is 4.98 Å². The molecule has 3 amide bonds. The highest BCUT2D eigenvalue weighted by Crippen LogP contribution is 2.45. The number of rotatable bonds is 6. The molecule has 4 aromatic rings. The van der Waals surface area contributed by atoms with Crippen molar-refractivity contribution in [2.24, 2.45) is 5.41 Å². The van der Waals surface area contributed by atoms with Gasteiger partial charge in [-0.1, -0.05) is 70.2 Å². The summed E-state index contributed by atoms with van der Waals surface area (Å²) in [7, 11) is 0. The molecular formula is C35H40N6O4S. The Hall–Kier alpha value is -4.51. The van der Waals surface area contributed by atoms with Crippen LogP contribution in [0.5, 0.6) is 0 Å². The van der Waals surface area contributed by atoms with Crippen LogP contribution in [0.2, 0.25) is 0 Å². The van der Waals surface area contributed by atoms with E-state index >= 15 is 0 Å². The number of benzene rings is 2. The minimum atomic E-state index is -1.24. The fourth-order valence-electron chi connectivity index (χ4n) is 6.81. The number of fused-ring (bicyclic) bond motifs is 1. The molecular weight excluding hydrogens is 600 g/mol. The van der Waals surface area contributed by atoms with Crippen LogP contribution in [-0.4, -0.2) is 81.0 Å². The van der Waals surface area contributed by atoms with Crippen molar-refractivity contribution >= 4 is 51.2 Å². The van der Waals surface area contributed by atoms with Crippen molar-refractivity contribution in [3.8, 4) is 11.1 Å². The maximum absolute atomic E-state index is 14.0. The molecule has 0 unspecified atom stereocenters. The Bertz CT molecular complexity index is 1760. The van der Waals surface area contributed by atoms with E-state index in [4.69, 9.17) is 9.97 Å². The number of hydrogen-bond acceptors (Lipinski definition) is 7. The number of nitrogens with one attached hydrogen (secondary N) is 1. The average Bonchev–Trinajstić information content (AvgIpc) is 3.71. The van der Waals surface area contributed by atoms with Gasteiger partial charge < -0.3 is 14.9 Å². The van der Waals surface area contributed by atoms with Gasteiger partial charge in [0.15, 0.2) is 0 Å². The topological polar surface area (TPSA) is 119 Å². The number of aryl methyl sites for hydroxylation is 1. The predicted octanol–water partition coefficient (Wildman–Crippen LogP) is 6.38. The highest BCUT2D eigenvalue weighted by atomic mass is 32.1. The van der Waals surface area contributed by atoms with E-state index in [2.05, 4.69) is 35.3 Å². The first-order valence-corrected chi connectivity index (χ1v) is 16.7. The molecule has 1 atom stereocenters. The Morgan fingerprint density at radius 1 is 0.935 bits per heavy atom. The van der Waals surface area contributed by atoms with Crippen LogP contribution in [0.4, 0.5) is 16.6 Å². The zero-order valence-corrected chi connectivity index (χ0v) is 27.6. The molecule has 2 saturated heterocycles. The van der Waals surface area contributed by atoms with Crippen molar-refractivity contribution < 1.29 is 19.5 Å². The summed E-state index contributed by atoms with van der Waals surface area (Å²) in [6, 6.07) is 19.9. The number of amides is 3. The Labute approximate surface area is 273 Å². The Balaban J connectivity index is 1.22. The lowest BCUT2D eigenvalue weighted by atomic mass is 9.71. The van der Waals surface area contributed by atoms with Gasteiger partial charge in [0.2, 0.25) is 5.95 Å². The second-order valence-corrected chi connectivity index (χ2v) is 14.1. The van der Waals surface area contributed by atoms with Crippen molar-refractivity contribution in [3.63, 3.8) is 0 Å². The monoisotopic (exact) mass is 640 g/mol. The first-order valence-electron chi connectivity index (χ1n) is 15.8. The average molecular weight is 641 g/mol. The number of likely N-dealkylation sites (tertiary alicyclic amines) is 1. The van der Waals surface area contributed by atoms with Crippen LogP contribution in [0.25, 0.3) is 21.3 Å². The molecule has 2 aliphatic rings. The molecule has 10 nitrogen and oxygen atoms in total. The van der Waals surface area contributed by atoms with Gasteiger partial charge in [0, 0.05) is 43.2 Å². The summed E-state index contributed by atoms with van der Waals surface area (Å²) in [5, 5.41) is 13.8. The van der Waals surface area contributed by atoms with E-state index in [0.717, 1.165) is 32.6 Å². The molecule has 240 valence electrons. The first kappa shape index (κ1) is 31.5. The van der Waals surface area contributed by atoms with E-state index < -0.39 is 23.0 Å². The molecule has 0 saturated carbocycles. The van der Waals surface area contributed by atoms with E-state index in [1.54, 1.807) is 11.3 Å². The van der Waals surface area contributed by atoms with Crippen LogP contribution in [0.1, 0.15) is 55.8 Å². The SMILES string of the molecule is CCc1cc2c(N3CCN(C(=O)c4ccc(-c5ccccc5)cc4)CC3)nc(NC(=O)[C@]3(C(C)(C)C)CCCN3C(=O)O)nc2s1. The summed E-state index contributed by atoms with van der Waals surface area (Å²) in [6.45, 7) is 10.3. The molecule has 2 aromatic carbocycles. The predicted molar refractivity (Wildman–Crippen MR) is 182 cm³/mol. The van der Waals surface area contributed by atoms with E-state index in [0.29, 0.717) is 56.9 Å².